The number of rotatable bonds is 6. The van der Waals surface area contributed by atoms with Gasteiger partial charge in [-0.15, -0.1) is 0 Å². The van der Waals surface area contributed by atoms with Crippen LogP contribution in [0.25, 0.3) is 0 Å². The van der Waals surface area contributed by atoms with Crippen molar-refractivity contribution in [3.63, 3.8) is 0 Å². The summed E-state index contributed by atoms with van der Waals surface area (Å²) in [5.74, 6) is -1.08. The molecule has 0 aliphatic heterocycles. The summed E-state index contributed by atoms with van der Waals surface area (Å²) < 4.78 is 13.6. The number of phenolic OH excluding ortho intramolecular Hbond substituents is 1. The van der Waals surface area contributed by atoms with Gasteiger partial charge in [0.25, 0.3) is 0 Å². The monoisotopic (exact) mass is 383 g/mol. The summed E-state index contributed by atoms with van der Waals surface area (Å²) in [4.78, 5) is 0. The Morgan fingerprint density at radius 1 is 1.24 bits per heavy atom. The number of benzene rings is 2. The van der Waals surface area contributed by atoms with E-state index in [0.717, 1.165) is 0 Å². The highest BCUT2D eigenvalue weighted by Crippen LogP contribution is 2.27. The summed E-state index contributed by atoms with van der Waals surface area (Å²) in [6.07, 6.45) is 2.14. The maximum atomic E-state index is 13.6. The lowest BCUT2D eigenvalue weighted by molar-refractivity contribution is 0.432. The molecule has 0 saturated carbocycles. The van der Waals surface area contributed by atoms with Gasteiger partial charge in [0.05, 0.1) is 10.7 Å². The van der Waals surface area contributed by atoms with Gasteiger partial charge in [0.15, 0.2) is 11.6 Å². The first-order valence-corrected chi connectivity index (χ1v) is 8.43. The van der Waals surface area contributed by atoms with Gasteiger partial charge in [-0.1, -0.05) is 29.3 Å². The second kappa shape index (κ2) is 8.54. The molecule has 25 heavy (non-hydrogen) atoms. The Morgan fingerprint density at radius 2 is 1.96 bits per heavy atom. The Hall–Kier alpha value is -1.79. The number of phenols is 1. The third-order valence-electron chi connectivity index (χ3n) is 3.63. The Bertz CT molecular complexity index is 781. The molecular weight excluding hydrogens is 364 g/mol. The number of halogens is 3. The SMILES string of the molecule is CC(N)C(N)/C=C(/Cc1ccc(O)c(F)c1)Nc1ccc(Cl)cc1Cl. The zero-order valence-corrected chi connectivity index (χ0v) is 15.2. The number of hydrogen-bond acceptors (Lipinski definition) is 4. The Labute approximate surface area is 156 Å². The summed E-state index contributed by atoms with van der Waals surface area (Å²) in [6, 6.07) is 8.63. The number of nitrogens with one attached hydrogen (secondary N) is 1. The van der Waals surface area contributed by atoms with Gasteiger partial charge in [0.1, 0.15) is 0 Å². The lowest BCUT2D eigenvalue weighted by Crippen LogP contribution is -2.37. The van der Waals surface area contributed by atoms with E-state index in [-0.39, 0.29) is 6.04 Å². The first-order chi connectivity index (χ1) is 11.8. The maximum Gasteiger partial charge on any atom is 0.165 e. The Kier molecular flexibility index (Phi) is 6.67. The Morgan fingerprint density at radius 3 is 2.56 bits per heavy atom. The minimum absolute atomic E-state index is 0.256. The number of allylic oxidation sites excluding steroid dienone is 1. The van der Waals surface area contributed by atoms with Crippen LogP contribution in [-0.2, 0) is 6.42 Å². The van der Waals surface area contributed by atoms with Crippen LogP contribution in [0.3, 0.4) is 0 Å². The van der Waals surface area contributed by atoms with Gasteiger partial charge in [0.2, 0.25) is 0 Å². The van der Waals surface area contributed by atoms with Crippen LogP contribution >= 0.6 is 23.2 Å². The van der Waals surface area contributed by atoms with Crippen molar-refractivity contribution in [2.24, 2.45) is 11.5 Å². The molecule has 2 atom stereocenters. The van der Waals surface area contributed by atoms with Gasteiger partial charge in [-0.3, -0.25) is 0 Å². The van der Waals surface area contributed by atoms with E-state index in [1.165, 1.54) is 12.1 Å². The van der Waals surface area contributed by atoms with Crippen LogP contribution in [0.4, 0.5) is 10.1 Å². The first-order valence-electron chi connectivity index (χ1n) is 7.67. The minimum Gasteiger partial charge on any atom is -0.505 e. The smallest absolute Gasteiger partial charge is 0.165 e. The molecule has 0 aliphatic carbocycles. The zero-order chi connectivity index (χ0) is 18.6. The third-order valence-corrected chi connectivity index (χ3v) is 4.18. The highest BCUT2D eigenvalue weighted by molar-refractivity contribution is 6.36. The number of hydrogen-bond donors (Lipinski definition) is 4. The van der Waals surface area contributed by atoms with Gasteiger partial charge >= 0.3 is 0 Å². The van der Waals surface area contributed by atoms with Crippen LogP contribution < -0.4 is 16.8 Å². The van der Waals surface area contributed by atoms with Crippen LogP contribution in [0, 0.1) is 5.82 Å². The number of nitrogens with two attached hydrogens (primary N) is 2. The lowest BCUT2D eigenvalue weighted by Gasteiger charge is -2.17. The van der Waals surface area contributed by atoms with Crippen molar-refractivity contribution in [3.8, 4) is 5.75 Å². The van der Waals surface area contributed by atoms with E-state index in [9.17, 15) is 9.50 Å². The molecule has 0 spiro atoms. The first kappa shape index (κ1) is 19.5. The quantitative estimate of drug-likeness (QED) is 0.606. The average molecular weight is 384 g/mol. The van der Waals surface area contributed by atoms with Crippen LogP contribution in [0.2, 0.25) is 10.0 Å². The van der Waals surface area contributed by atoms with Crippen LogP contribution in [0.15, 0.2) is 48.2 Å². The van der Waals surface area contributed by atoms with E-state index in [1.54, 1.807) is 37.3 Å². The standard InChI is InChI=1S/C18H20Cl2FN3O/c1-10(22)16(23)9-13(6-11-2-5-18(25)15(21)7-11)24-17-4-3-12(19)8-14(17)20/h2-5,7-10,16,24-25H,6,22-23H2,1H3/b13-9-. The van der Waals surface area contributed by atoms with Crippen molar-refractivity contribution in [3.05, 3.63) is 69.6 Å². The minimum atomic E-state index is -0.683. The second-order valence-corrected chi connectivity index (χ2v) is 6.68. The summed E-state index contributed by atoms with van der Waals surface area (Å²) in [5.41, 5.74) is 13.9. The second-order valence-electron chi connectivity index (χ2n) is 5.84. The lowest BCUT2D eigenvalue weighted by atomic mass is 10.0. The van der Waals surface area contributed by atoms with Gasteiger partial charge in [-0.25, -0.2) is 4.39 Å². The fourth-order valence-electron chi connectivity index (χ4n) is 2.17. The van der Waals surface area contributed by atoms with Crippen molar-refractivity contribution >= 4 is 28.9 Å². The largest absolute Gasteiger partial charge is 0.505 e. The molecule has 0 bridgehead atoms. The molecule has 2 rings (SSSR count). The summed E-state index contributed by atoms with van der Waals surface area (Å²) in [5, 5.41) is 13.5. The third kappa shape index (κ3) is 5.61. The van der Waals surface area contributed by atoms with E-state index in [1.807, 2.05) is 0 Å². The molecule has 0 radical (unpaired) electrons. The molecule has 0 fully saturated rings. The van der Waals surface area contributed by atoms with E-state index < -0.39 is 17.6 Å². The normalized spacial score (nSPS) is 14.2. The zero-order valence-electron chi connectivity index (χ0n) is 13.6. The molecule has 134 valence electrons. The van der Waals surface area contributed by atoms with Crippen molar-refractivity contribution < 1.29 is 9.50 Å². The molecule has 2 unspecified atom stereocenters. The highest BCUT2D eigenvalue weighted by atomic mass is 35.5. The predicted octanol–water partition coefficient (Wildman–Crippen LogP) is 4.05. The number of aromatic hydroxyl groups is 1. The highest BCUT2D eigenvalue weighted by Gasteiger charge is 2.11. The van der Waals surface area contributed by atoms with Gasteiger partial charge < -0.3 is 21.9 Å². The van der Waals surface area contributed by atoms with Crippen molar-refractivity contribution in [1.29, 1.82) is 0 Å². The predicted molar refractivity (Wildman–Crippen MR) is 102 cm³/mol. The van der Waals surface area contributed by atoms with E-state index in [0.29, 0.717) is 33.4 Å². The van der Waals surface area contributed by atoms with Crippen LogP contribution in [-0.4, -0.2) is 17.2 Å². The Balaban J connectivity index is 2.30. The molecule has 7 heteroatoms. The molecule has 0 saturated heterocycles. The van der Waals surface area contributed by atoms with E-state index in [2.05, 4.69) is 5.32 Å². The molecule has 0 amide bonds. The fourth-order valence-corrected chi connectivity index (χ4v) is 2.63. The number of anilines is 1. The summed E-state index contributed by atoms with van der Waals surface area (Å²) in [6.45, 7) is 1.80. The molecule has 2 aromatic rings. The molecular formula is C18H20Cl2FN3O. The molecule has 0 aromatic heterocycles. The molecule has 4 nitrogen and oxygen atoms in total. The van der Waals surface area contributed by atoms with Gasteiger partial charge in [0, 0.05) is 29.2 Å². The van der Waals surface area contributed by atoms with Gasteiger partial charge in [-0.2, -0.15) is 0 Å². The van der Waals surface area contributed by atoms with Crippen molar-refractivity contribution in [2.45, 2.75) is 25.4 Å². The van der Waals surface area contributed by atoms with Gasteiger partial charge in [-0.05, 0) is 48.9 Å². The average Bonchev–Trinajstić information content (AvgIpc) is 2.53. The maximum absolute atomic E-state index is 13.6. The fraction of sp³-hybridized carbons (Fsp3) is 0.222. The molecule has 6 N–H and O–H groups in total. The van der Waals surface area contributed by atoms with E-state index >= 15 is 0 Å². The topological polar surface area (TPSA) is 84.3 Å². The molecule has 0 aliphatic rings. The van der Waals surface area contributed by atoms with Crippen LogP contribution in [0.5, 0.6) is 5.75 Å². The molecule has 2 aromatic carbocycles. The molecule has 0 heterocycles. The van der Waals surface area contributed by atoms with E-state index in [4.69, 9.17) is 34.7 Å². The summed E-state index contributed by atoms with van der Waals surface area (Å²) >= 11 is 12.1. The summed E-state index contributed by atoms with van der Waals surface area (Å²) in [7, 11) is 0. The van der Waals surface area contributed by atoms with Crippen molar-refractivity contribution in [1.82, 2.24) is 0 Å². The van der Waals surface area contributed by atoms with Crippen molar-refractivity contribution in [2.75, 3.05) is 5.32 Å². The van der Waals surface area contributed by atoms with Crippen LogP contribution in [0.1, 0.15) is 12.5 Å².